The Morgan fingerprint density at radius 1 is 1.43 bits per heavy atom. The summed E-state index contributed by atoms with van der Waals surface area (Å²) in [5.41, 5.74) is 6.73. The fourth-order valence-electron chi connectivity index (χ4n) is 1.81. The van der Waals surface area contributed by atoms with Crippen LogP contribution < -0.4 is 5.73 Å². The van der Waals surface area contributed by atoms with Crippen LogP contribution in [0.4, 0.5) is 5.69 Å². The highest BCUT2D eigenvalue weighted by molar-refractivity contribution is 9.10. The van der Waals surface area contributed by atoms with Crippen molar-refractivity contribution in [3.05, 3.63) is 22.2 Å². The fraction of sp³-hybridized carbons (Fsp3) is 0.462. The number of halogens is 1. The summed E-state index contributed by atoms with van der Waals surface area (Å²) in [5, 5.41) is 8.68. The minimum absolute atomic E-state index is 0.119. The summed E-state index contributed by atoms with van der Waals surface area (Å²) < 4.78 is 32.3. The first-order chi connectivity index (χ1) is 9.84. The number of nitrogens with zero attached hydrogens (tertiary/aromatic N) is 2. The van der Waals surface area contributed by atoms with Crippen LogP contribution in [0.2, 0.25) is 0 Å². The molecule has 0 saturated heterocycles. The molecule has 0 spiro atoms. The second kappa shape index (κ2) is 7.75. The van der Waals surface area contributed by atoms with E-state index in [1.165, 1.54) is 17.5 Å². The lowest BCUT2D eigenvalue weighted by molar-refractivity contribution is 0.179. The number of sulfonamides is 1. The molecule has 21 heavy (non-hydrogen) atoms. The van der Waals surface area contributed by atoms with Gasteiger partial charge >= 0.3 is 0 Å². The number of nitriles is 1. The summed E-state index contributed by atoms with van der Waals surface area (Å²) >= 11 is 3.27. The molecule has 0 aromatic heterocycles. The molecule has 1 aromatic rings. The molecule has 0 unspecified atom stereocenters. The van der Waals surface area contributed by atoms with E-state index in [0.717, 1.165) is 0 Å². The average Bonchev–Trinajstić information content (AvgIpc) is 2.42. The van der Waals surface area contributed by atoms with Gasteiger partial charge in [-0.15, -0.1) is 0 Å². The Bertz CT molecular complexity index is 641. The summed E-state index contributed by atoms with van der Waals surface area (Å²) in [6.45, 7) is 2.28. The number of rotatable bonds is 7. The summed E-state index contributed by atoms with van der Waals surface area (Å²) in [5.74, 6) is 0. The second-order valence-corrected chi connectivity index (χ2v) is 7.20. The van der Waals surface area contributed by atoms with Gasteiger partial charge in [-0.05, 0) is 40.5 Å². The summed E-state index contributed by atoms with van der Waals surface area (Å²) in [4.78, 5) is 0.150. The number of anilines is 1. The average molecular weight is 376 g/mol. The van der Waals surface area contributed by atoms with Gasteiger partial charge in [-0.2, -0.15) is 9.57 Å². The zero-order valence-corrected chi connectivity index (χ0v) is 14.4. The highest BCUT2D eigenvalue weighted by Crippen LogP contribution is 2.28. The molecule has 1 rings (SSSR count). The summed E-state index contributed by atoms with van der Waals surface area (Å²) in [7, 11) is -2.22. The number of hydrogen-bond donors (Lipinski definition) is 1. The Kier molecular flexibility index (Phi) is 6.61. The van der Waals surface area contributed by atoms with Crippen LogP contribution in [0.25, 0.3) is 0 Å². The van der Waals surface area contributed by atoms with Gasteiger partial charge < -0.3 is 10.5 Å². The van der Waals surface area contributed by atoms with Crippen LogP contribution in [0.5, 0.6) is 0 Å². The molecule has 0 atom stereocenters. The summed E-state index contributed by atoms with van der Waals surface area (Å²) in [6.07, 6.45) is 0.119. The number of nitrogens with two attached hydrogens (primary N) is 1. The first-order valence-corrected chi connectivity index (χ1v) is 8.49. The van der Waals surface area contributed by atoms with E-state index in [1.54, 1.807) is 13.0 Å². The zero-order chi connectivity index (χ0) is 16.0. The van der Waals surface area contributed by atoms with Gasteiger partial charge in [0.2, 0.25) is 10.0 Å². The molecule has 0 aliphatic rings. The van der Waals surface area contributed by atoms with Crippen LogP contribution in [-0.4, -0.2) is 39.5 Å². The largest absolute Gasteiger partial charge is 0.398 e. The lowest BCUT2D eigenvalue weighted by atomic mass is 10.2. The van der Waals surface area contributed by atoms with Crippen molar-refractivity contribution in [2.45, 2.75) is 18.2 Å². The van der Waals surface area contributed by atoms with Gasteiger partial charge in [0.25, 0.3) is 0 Å². The molecule has 0 saturated carbocycles. The van der Waals surface area contributed by atoms with Gasteiger partial charge in [-0.1, -0.05) is 0 Å². The normalized spacial score (nSPS) is 11.6. The quantitative estimate of drug-likeness (QED) is 0.733. The third kappa shape index (κ3) is 4.41. The molecule has 116 valence electrons. The zero-order valence-electron chi connectivity index (χ0n) is 12.0. The van der Waals surface area contributed by atoms with Crippen molar-refractivity contribution in [2.24, 2.45) is 0 Å². The first-order valence-electron chi connectivity index (χ1n) is 6.26. The third-order valence-corrected chi connectivity index (χ3v) is 5.66. The van der Waals surface area contributed by atoms with Crippen molar-refractivity contribution in [1.82, 2.24) is 4.31 Å². The predicted octanol–water partition coefficient (Wildman–Crippen LogP) is 1.89. The Morgan fingerprint density at radius 3 is 2.67 bits per heavy atom. The number of methoxy groups -OCH3 is 1. The maximum absolute atomic E-state index is 12.7. The number of nitrogen functional groups attached to an aromatic ring is 1. The predicted molar refractivity (Wildman–Crippen MR) is 84.2 cm³/mol. The summed E-state index contributed by atoms with van der Waals surface area (Å²) in [6, 6.07) is 5.05. The molecule has 0 heterocycles. The van der Waals surface area contributed by atoms with E-state index in [4.69, 9.17) is 15.7 Å². The molecule has 1 aromatic carbocycles. The molecule has 0 aliphatic heterocycles. The lowest BCUT2D eigenvalue weighted by Crippen LogP contribution is -2.35. The van der Waals surface area contributed by atoms with Gasteiger partial charge in [0.1, 0.15) is 0 Å². The number of ether oxygens (including phenoxy) is 1. The van der Waals surface area contributed by atoms with E-state index in [2.05, 4.69) is 15.9 Å². The van der Waals surface area contributed by atoms with Crippen LogP contribution in [-0.2, 0) is 14.8 Å². The van der Waals surface area contributed by atoms with Gasteiger partial charge in [-0.25, -0.2) is 8.42 Å². The highest BCUT2D eigenvalue weighted by Gasteiger charge is 2.26. The topological polar surface area (TPSA) is 96.4 Å². The molecular formula is C13H18BrN3O3S. The molecule has 2 N–H and O–H groups in total. The van der Waals surface area contributed by atoms with Gasteiger partial charge in [0, 0.05) is 36.8 Å². The SMILES string of the molecule is COCCN(CCC#N)S(=O)(=O)c1cc(N)c(Br)cc1C. The minimum atomic E-state index is -3.71. The van der Waals surface area contributed by atoms with E-state index >= 15 is 0 Å². The van der Waals surface area contributed by atoms with Gasteiger partial charge in [0.15, 0.2) is 0 Å². The van der Waals surface area contributed by atoms with E-state index < -0.39 is 10.0 Å². The highest BCUT2D eigenvalue weighted by atomic mass is 79.9. The van der Waals surface area contributed by atoms with Gasteiger partial charge in [0.05, 0.1) is 17.6 Å². The van der Waals surface area contributed by atoms with Crippen molar-refractivity contribution in [3.63, 3.8) is 0 Å². The van der Waals surface area contributed by atoms with E-state index in [1.807, 2.05) is 6.07 Å². The monoisotopic (exact) mass is 375 g/mol. The Morgan fingerprint density at radius 2 is 2.10 bits per heavy atom. The Balaban J connectivity index is 3.22. The van der Waals surface area contributed by atoms with Crippen molar-refractivity contribution in [1.29, 1.82) is 5.26 Å². The first kappa shape index (κ1) is 17.9. The van der Waals surface area contributed by atoms with E-state index in [-0.39, 0.29) is 31.0 Å². The molecule has 6 nitrogen and oxygen atoms in total. The van der Waals surface area contributed by atoms with Gasteiger partial charge in [-0.3, -0.25) is 0 Å². The standard InChI is InChI=1S/C13H18BrN3O3S/c1-10-8-11(14)12(16)9-13(10)21(18,19)17(5-3-4-15)6-7-20-2/h8-9H,3,5-7,16H2,1-2H3. The fourth-order valence-corrected chi connectivity index (χ4v) is 3.93. The Labute approximate surface area is 133 Å². The Hall–Kier alpha value is -1.14. The smallest absolute Gasteiger partial charge is 0.243 e. The number of aryl methyl sites for hydroxylation is 1. The van der Waals surface area contributed by atoms with Crippen LogP contribution in [0.3, 0.4) is 0 Å². The maximum atomic E-state index is 12.7. The van der Waals surface area contributed by atoms with Crippen LogP contribution >= 0.6 is 15.9 Å². The van der Waals surface area contributed by atoms with E-state index in [0.29, 0.717) is 15.7 Å². The van der Waals surface area contributed by atoms with Crippen molar-refractivity contribution < 1.29 is 13.2 Å². The lowest BCUT2D eigenvalue weighted by Gasteiger charge is -2.22. The van der Waals surface area contributed by atoms with Crippen molar-refractivity contribution in [3.8, 4) is 6.07 Å². The third-order valence-electron chi connectivity index (χ3n) is 2.93. The van der Waals surface area contributed by atoms with Crippen LogP contribution in [0.15, 0.2) is 21.5 Å². The molecule has 0 fully saturated rings. The second-order valence-electron chi connectivity index (χ2n) is 4.44. The maximum Gasteiger partial charge on any atom is 0.243 e. The van der Waals surface area contributed by atoms with Crippen molar-refractivity contribution >= 4 is 31.6 Å². The van der Waals surface area contributed by atoms with E-state index in [9.17, 15) is 8.42 Å². The molecule has 0 amide bonds. The molecule has 0 aliphatic carbocycles. The molecule has 0 radical (unpaired) electrons. The molecular weight excluding hydrogens is 358 g/mol. The number of hydrogen-bond acceptors (Lipinski definition) is 5. The minimum Gasteiger partial charge on any atom is -0.398 e. The molecule has 8 heteroatoms. The van der Waals surface area contributed by atoms with Crippen LogP contribution in [0.1, 0.15) is 12.0 Å². The molecule has 0 bridgehead atoms. The van der Waals surface area contributed by atoms with Crippen LogP contribution in [0, 0.1) is 18.3 Å². The number of benzene rings is 1. The van der Waals surface area contributed by atoms with Crippen molar-refractivity contribution in [2.75, 3.05) is 32.5 Å².